The average molecular weight is 166 g/mol. The lowest BCUT2D eigenvalue weighted by molar-refractivity contribution is 0.249. The van der Waals surface area contributed by atoms with Crippen LogP contribution in [0, 0.1) is 10.8 Å². The first-order valence-corrected chi connectivity index (χ1v) is 4.91. The second-order valence-electron chi connectivity index (χ2n) is 5.84. The molecule has 0 nitrogen and oxygen atoms in total. The Morgan fingerprint density at radius 3 is 1.67 bits per heavy atom. The molecule has 12 heavy (non-hydrogen) atoms. The molecule has 0 aliphatic rings. The van der Waals surface area contributed by atoms with Gasteiger partial charge in [-0.2, -0.15) is 0 Å². The van der Waals surface area contributed by atoms with Crippen molar-refractivity contribution in [1.82, 2.24) is 0 Å². The minimum atomic E-state index is 0.285. The van der Waals surface area contributed by atoms with Crippen molar-refractivity contribution in [3.63, 3.8) is 0 Å². The molecule has 0 rings (SSSR count). The first kappa shape index (κ1) is 12.1. The fourth-order valence-electron chi connectivity index (χ4n) is 0.925. The van der Waals surface area contributed by atoms with Gasteiger partial charge in [0, 0.05) is 0 Å². The molecule has 1 heteroatoms. The third-order valence-corrected chi connectivity index (χ3v) is 2.75. The van der Waals surface area contributed by atoms with Crippen molar-refractivity contribution >= 4 is 7.85 Å². The van der Waals surface area contributed by atoms with E-state index in [0.29, 0.717) is 11.2 Å². The van der Waals surface area contributed by atoms with Gasteiger partial charge in [0.2, 0.25) is 0 Å². The molecule has 0 aliphatic heterocycles. The molecule has 1 atom stereocenters. The van der Waals surface area contributed by atoms with Crippen molar-refractivity contribution in [1.29, 1.82) is 0 Å². The molecule has 0 heterocycles. The van der Waals surface area contributed by atoms with Gasteiger partial charge in [0.25, 0.3) is 0 Å². The zero-order chi connectivity index (χ0) is 9.99. The van der Waals surface area contributed by atoms with Gasteiger partial charge in [-0.1, -0.05) is 47.4 Å². The third-order valence-electron chi connectivity index (χ3n) is 2.75. The van der Waals surface area contributed by atoms with Crippen molar-refractivity contribution in [2.75, 3.05) is 0 Å². The van der Waals surface area contributed by atoms with Gasteiger partial charge in [0.15, 0.2) is 0 Å². The maximum absolute atomic E-state index is 5.90. The normalized spacial score (nSPS) is 16.2. The average Bonchev–Trinajstić information content (AvgIpc) is 1.82. The molecule has 70 valence electrons. The van der Waals surface area contributed by atoms with E-state index in [-0.39, 0.29) is 5.41 Å². The minimum absolute atomic E-state index is 0.285. The first-order valence-electron chi connectivity index (χ1n) is 4.91. The van der Waals surface area contributed by atoms with Crippen LogP contribution in [0.3, 0.4) is 0 Å². The van der Waals surface area contributed by atoms with Crippen molar-refractivity contribution in [3.8, 4) is 0 Å². The maximum atomic E-state index is 5.90. The van der Waals surface area contributed by atoms with Crippen LogP contribution >= 0.6 is 0 Å². The van der Waals surface area contributed by atoms with Gasteiger partial charge in [-0.05, 0) is 23.7 Å². The Kier molecular flexibility index (Phi) is 3.87. The highest BCUT2D eigenvalue weighted by molar-refractivity contribution is 6.11. The first-order chi connectivity index (χ1) is 5.15. The number of hydrogen-bond donors (Lipinski definition) is 0. The summed E-state index contributed by atoms with van der Waals surface area (Å²) in [5, 5.41) is 0. The van der Waals surface area contributed by atoms with Crippen LogP contribution in [0.5, 0.6) is 0 Å². The number of hydrogen-bond acceptors (Lipinski definition) is 0. The Hall–Kier alpha value is 0.0649. The highest BCUT2D eigenvalue weighted by Crippen LogP contribution is 2.37. The van der Waals surface area contributed by atoms with E-state index in [2.05, 4.69) is 41.5 Å². The van der Waals surface area contributed by atoms with Gasteiger partial charge in [-0.3, -0.25) is 0 Å². The van der Waals surface area contributed by atoms with Gasteiger partial charge >= 0.3 is 0 Å². The summed E-state index contributed by atoms with van der Waals surface area (Å²) in [7, 11) is 5.90. The molecule has 2 radical (unpaired) electrons. The Labute approximate surface area is 79.5 Å². The van der Waals surface area contributed by atoms with Crippen LogP contribution < -0.4 is 0 Å². The molecule has 0 fully saturated rings. The van der Waals surface area contributed by atoms with Crippen molar-refractivity contribution < 1.29 is 0 Å². The molecule has 0 aromatic carbocycles. The van der Waals surface area contributed by atoms with Crippen molar-refractivity contribution in [3.05, 3.63) is 0 Å². The molecule has 0 bridgehead atoms. The highest BCUT2D eigenvalue weighted by atomic mass is 14.3. The maximum Gasteiger partial charge on any atom is 0.0703 e. The van der Waals surface area contributed by atoms with Gasteiger partial charge in [0.1, 0.15) is 0 Å². The lowest BCUT2D eigenvalue weighted by Crippen LogP contribution is -2.20. The summed E-state index contributed by atoms with van der Waals surface area (Å²) in [6, 6.07) is 0. The minimum Gasteiger partial charge on any atom is -0.0751 e. The summed E-state index contributed by atoms with van der Waals surface area (Å²) < 4.78 is 0. The lowest BCUT2D eigenvalue weighted by Gasteiger charge is -2.32. The van der Waals surface area contributed by atoms with E-state index in [1.54, 1.807) is 0 Å². The lowest BCUT2D eigenvalue weighted by atomic mass is 9.65. The molecule has 1 unspecified atom stereocenters. The summed E-state index contributed by atoms with van der Waals surface area (Å²) in [5.74, 6) is 0.292. The smallest absolute Gasteiger partial charge is 0.0703 e. The standard InChI is InChI=1S/C11H23B/c1-9(12)11(5,6)8-7-10(2,3)4/h9H,7-8H2,1-6H3. The predicted molar refractivity (Wildman–Crippen MR) is 57.6 cm³/mol. The fraction of sp³-hybridized carbons (Fsp3) is 1.00. The quantitative estimate of drug-likeness (QED) is 0.559. The molecule has 0 aromatic heterocycles. The monoisotopic (exact) mass is 166 g/mol. The third kappa shape index (κ3) is 4.85. The molecule has 0 aromatic rings. The summed E-state index contributed by atoms with van der Waals surface area (Å²) in [4.78, 5) is 0. The summed E-state index contributed by atoms with van der Waals surface area (Å²) >= 11 is 0. The number of rotatable bonds is 3. The van der Waals surface area contributed by atoms with Crippen LogP contribution in [-0.4, -0.2) is 7.85 Å². The van der Waals surface area contributed by atoms with E-state index in [4.69, 9.17) is 7.85 Å². The van der Waals surface area contributed by atoms with E-state index in [9.17, 15) is 0 Å². The summed E-state index contributed by atoms with van der Waals surface area (Å²) in [6.45, 7) is 13.5. The molecule has 0 saturated carbocycles. The van der Waals surface area contributed by atoms with Gasteiger partial charge in [0.05, 0.1) is 7.85 Å². The zero-order valence-corrected chi connectivity index (χ0v) is 9.57. The molecule has 0 amide bonds. The molecule has 0 N–H and O–H groups in total. The highest BCUT2D eigenvalue weighted by Gasteiger charge is 2.24. The Morgan fingerprint density at radius 1 is 1.00 bits per heavy atom. The van der Waals surface area contributed by atoms with E-state index < -0.39 is 0 Å². The van der Waals surface area contributed by atoms with Gasteiger partial charge in [-0.25, -0.2) is 0 Å². The second kappa shape index (κ2) is 3.85. The van der Waals surface area contributed by atoms with Gasteiger partial charge < -0.3 is 0 Å². The predicted octanol–water partition coefficient (Wildman–Crippen LogP) is 3.82. The Balaban J connectivity index is 3.93. The van der Waals surface area contributed by atoms with Crippen LogP contribution in [-0.2, 0) is 0 Å². The van der Waals surface area contributed by atoms with E-state index >= 15 is 0 Å². The van der Waals surface area contributed by atoms with Crippen LogP contribution in [0.15, 0.2) is 0 Å². The summed E-state index contributed by atoms with van der Waals surface area (Å²) in [6.07, 6.45) is 2.47. The fourth-order valence-corrected chi connectivity index (χ4v) is 0.925. The molecular weight excluding hydrogens is 143 g/mol. The summed E-state index contributed by atoms with van der Waals surface area (Å²) in [5.41, 5.74) is 0.722. The van der Waals surface area contributed by atoms with E-state index in [1.807, 2.05) is 0 Å². The largest absolute Gasteiger partial charge is 0.0751 e. The molecule has 0 saturated heterocycles. The molecule has 0 spiro atoms. The van der Waals surface area contributed by atoms with Crippen LogP contribution in [0.2, 0.25) is 5.82 Å². The Bertz CT molecular complexity index is 128. The Morgan fingerprint density at radius 2 is 1.42 bits per heavy atom. The van der Waals surface area contributed by atoms with Gasteiger partial charge in [-0.15, -0.1) is 0 Å². The molecule has 0 aliphatic carbocycles. The van der Waals surface area contributed by atoms with Crippen molar-refractivity contribution in [2.24, 2.45) is 10.8 Å². The van der Waals surface area contributed by atoms with Crippen LogP contribution in [0.4, 0.5) is 0 Å². The van der Waals surface area contributed by atoms with Crippen LogP contribution in [0.25, 0.3) is 0 Å². The molecular formula is C11H23B. The van der Waals surface area contributed by atoms with Crippen LogP contribution in [0.1, 0.15) is 54.4 Å². The van der Waals surface area contributed by atoms with Crippen molar-refractivity contribution in [2.45, 2.75) is 60.2 Å². The van der Waals surface area contributed by atoms with E-state index in [1.165, 1.54) is 12.8 Å². The SMILES string of the molecule is [B]C(C)C(C)(C)CCC(C)(C)C. The van der Waals surface area contributed by atoms with E-state index in [0.717, 1.165) is 0 Å². The second-order valence-corrected chi connectivity index (χ2v) is 5.84. The topological polar surface area (TPSA) is 0 Å². The zero-order valence-electron chi connectivity index (χ0n) is 9.57.